The molecule has 1 aromatic rings. The summed E-state index contributed by atoms with van der Waals surface area (Å²) in [5.41, 5.74) is 5.45. The van der Waals surface area contributed by atoms with Crippen LogP contribution in [0.15, 0.2) is 6.07 Å². The minimum atomic E-state index is -4.57. The fourth-order valence-electron chi connectivity index (χ4n) is 2.23. The van der Waals surface area contributed by atoms with Crippen molar-refractivity contribution >= 4 is 11.6 Å². The van der Waals surface area contributed by atoms with E-state index >= 15 is 0 Å². The highest BCUT2D eigenvalue weighted by Gasteiger charge is 2.35. The van der Waals surface area contributed by atoms with Crippen molar-refractivity contribution in [3.63, 3.8) is 0 Å². The molecule has 0 aromatic carbocycles. The summed E-state index contributed by atoms with van der Waals surface area (Å²) in [7, 11) is 0. The summed E-state index contributed by atoms with van der Waals surface area (Å²) < 4.78 is 38.0. The molecule has 19 heavy (non-hydrogen) atoms. The number of aromatic nitrogens is 2. The molecule has 1 aliphatic heterocycles. The van der Waals surface area contributed by atoms with Crippen molar-refractivity contribution < 1.29 is 13.2 Å². The first-order valence-electron chi connectivity index (χ1n) is 6.33. The molecular formula is C12H17F3N4. The zero-order valence-electron chi connectivity index (χ0n) is 10.7. The molecule has 2 rings (SSSR count). The zero-order chi connectivity index (χ0) is 14.0. The molecule has 106 valence electrons. The number of hydrogen-bond donors (Lipinski definition) is 1. The number of anilines is 2. The number of alkyl halides is 3. The Labute approximate surface area is 109 Å². The maximum absolute atomic E-state index is 12.7. The van der Waals surface area contributed by atoms with E-state index < -0.39 is 12.0 Å². The highest BCUT2D eigenvalue weighted by molar-refractivity contribution is 5.47. The predicted octanol–water partition coefficient (Wildman–Crippen LogP) is 2.70. The van der Waals surface area contributed by atoms with Crippen molar-refractivity contribution in [1.82, 2.24) is 9.97 Å². The molecule has 0 saturated carbocycles. The van der Waals surface area contributed by atoms with Crippen LogP contribution in [0.1, 0.15) is 32.0 Å². The van der Waals surface area contributed by atoms with Crippen LogP contribution in [-0.2, 0) is 6.18 Å². The molecule has 4 nitrogen and oxygen atoms in total. The minimum Gasteiger partial charge on any atom is -0.384 e. The van der Waals surface area contributed by atoms with Crippen molar-refractivity contribution in [3.8, 4) is 0 Å². The van der Waals surface area contributed by atoms with Gasteiger partial charge < -0.3 is 10.6 Å². The molecule has 2 N–H and O–H groups in total. The Morgan fingerprint density at radius 3 is 2.68 bits per heavy atom. The number of nitrogens with two attached hydrogens (primary N) is 1. The summed E-state index contributed by atoms with van der Waals surface area (Å²) in [6.07, 6.45) is -1.58. The monoisotopic (exact) mass is 274 g/mol. The molecule has 0 amide bonds. The van der Waals surface area contributed by atoms with Crippen molar-refractivity contribution in [2.75, 3.05) is 23.7 Å². The van der Waals surface area contributed by atoms with Gasteiger partial charge in [0.15, 0.2) is 0 Å². The number of halogens is 3. The smallest absolute Gasteiger partial charge is 0.384 e. The number of nitrogens with zero attached hydrogens (tertiary/aromatic N) is 3. The summed E-state index contributed by atoms with van der Waals surface area (Å²) in [6, 6.07) is 1.41. The van der Waals surface area contributed by atoms with Gasteiger partial charge in [0, 0.05) is 19.2 Å². The van der Waals surface area contributed by atoms with Gasteiger partial charge in [0.05, 0.1) is 0 Å². The standard InChI is InChI=1S/C12H17F3N4/c1-8-3-2-5-19(6-4-8)10-7-9(16)17-11(18-10)12(13,14)15/h7-8H,2-6H2,1H3,(H2,16,17,18). The van der Waals surface area contributed by atoms with Gasteiger partial charge in [-0.1, -0.05) is 6.92 Å². The average Bonchev–Trinajstić information content (AvgIpc) is 2.52. The van der Waals surface area contributed by atoms with Crippen LogP contribution < -0.4 is 10.6 Å². The van der Waals surface area contributed by atoms with Crippen LogP contribution in [0, 0.1) is 5.92 Å². The summed E-state index contributed by atoms with van der Waals surface area (Å²) in [6.45, 7) is 3.56. The number of hydrogen-bond acceptors (Lipinski definition) is 4. The average molecular weight is 274 g/mol. The third kappa shape index (κ3) is 3.48. The maximum atomic E-state index is 12.7. The van der Waals surface area contributed by atoms with E-state index in [-0.39, 0.29) is 11.6 Å². The minimum absolute atomic E-state index is 0.144. The lowest BCUT2D eigenvalue weighted by Gasteiger charge is -2.22. The lowest BCUT2D eigenvalue weighted by molar-refractivity contribution is -0.144. The van der Waals surface area contributed by atoms with Gasteiger partial charge in [0.2, 0.25) is 5.82 Å². The first-order chi connectivity index (χ1) is 8.86. The lowest BCUT2D eigenvalue weighted by atomic mass is 10.0. The molecule has 0 spiro atoms. The molecule has 1 unspecified atom stereocenters. The van der Waals surface area contributed by atoms with Gasteiger partial charge in [-0.05, 0) is 25.2 Å². The van der Waals surface area contributed by atoms with Crippen LogP contribution in [0.25, 0.3) is 0 Å². The Morgan fingerprint density at radius 1 is 1.26 bits per heavy atom. The van der Waals surface area contributed by atoms with E-state index in [4.69, 9.17) is 5.73 Å². The van der Waals surface area contributed by atoms with Crippen molar-refractivity contribution in [1.29, 1.82) is 0 Å². The Bertz CT molecular complexity index is 447. The maximum Gasteiger partial charge on any atom is 0.451 e. The molecule has 1 saturated heterocycles. The van der Waals surface area contributed by atoms with Gasteiger partial charge in [0.25, 0.3) is 0 Å². The third-order valence-corrected chi connectivity index (χ3v) is 3.33. The highest BCUT2D eigenvalue weighted by Crippen LogP contribution is 2.29. The van der Waals surface area contributed by atoms with Gasteiger partial charge in [0.1, 0.15) is 11.6 Å². The van der Waals surface area contributed by atoms with Crippen molar-refractivity contribution in [2.45, 2.75) is 32.4 Å². The molecule has 0 radical (unpaired) electrons. The van der Waals surface area contributed by atoms with Gasteiger partial charge >= 0.3 is 6.18 Å². The van der Waals surface area contributed by atoms with Crippen molar-refractivity contribution in [3.05, 3.63) is 11.9 Å². The van der Waals surface area contributed by atoms with Gasteiger partial charge in [-0.2, -0.15) is 13.2 Å². The number of nitrogen functional groups attached to an aromatic ring is 1. The van der Waals surface area contributed by atoms with E-state index in [0.29, 0.717) is 19.0 Å². The SMILES string of the molecule is CC1CCCN(c2cc(N)nc(C(F)(F)F)n2)CC1. The van der Waals surface area contributed by atoms with Crippen LogP contribution in [0.2, 0.25) is 0 Å². The molecule has 7 heteroatoms. The van der Waals surface area contributed by atoms with Gasteiger partial charge in [-0.15, -0.1) is 0 Å². The zero-order valence-corrected chi connectivity index (χ0v) is 10.7. The van der Waals surface area contributed by atoms with E-state index in [1.54, 1.807) is 0 Å². The predicted molar refractivity (Wildman–Crippen MR) is 66.7 cm³/mol. The Morgan fingerprint density at radius 2 is 2.00 bits per heavy atom. The number of rotatable bonds is 1. The molecular weight excluding hydrogens is 257 g/mol. The Kier molecular flexibility index (Phi) is 3.82. The van der Waals surface area contributed by atoms with Crippen LogP contribution in [0.5, 0.6) is 0 Å². The van der Waals surface area contributed by atoms with Crippen LogP contribution in [0.3, 0.4) is 0 Å². The normalized spacial score (nSPS) is 21.3. The quantitative estimate of drug-likeness (QED) is 0.855. The molecule has 0 aliphatic carbocycles. The van der Waals surface area contributed by atoms with Crippen molar-refractivity contribution in [2.24, 2.45) is 5.92 Å². The summed E-state index contributed by atoms with van der Waals surface area (Å²) in [4.78, 5) is 8.72. The van der Waals surface area contributed by atoms with Crippen LogP contribution in [0.4, 0.5) is 24.8 Å². The second-order valence-corrected chi connectivity index (χ2v) is 5.00. The first kappa shape index (κ1) is 13.9. The molecule has 1 fully saturated rings. The summed E-state index contributed by atoms with van der Waals surface area (Å²) in [5, 5.41) is 0. The van der Waals surface area contributed by atoms with E-state index in [1.807, 2.05) is 4.90 Å². The van der Waals surface area contributed by atoms with Gasteiger partial charge in [-0.3, -0.25) is 0 Å². The molecule has 1 atom stereocenters. The first-order valence-corrected chi connectivity index (χ1v) is 6.33. The van der Waals surface area contributed by atoms with Gasteiger partial charge in [-0.25, -0.2) is 9.97 Å². The second kappa shape index (κ2) is 5.22. The molecule has 1 aromatic heterocycles. The molecule has 1 aliphatic rings. The molecule has 0 bridgehead atoms. The fraction of sp³-hybridized carbons (Fsp3) is 0.667. The Hall–Kier alpha value is -1.53. The van der Waals surface area contributed by atoms with Crippen LogP contribution in [-0.4, -0.2) is 23.1 Å². The van der Waals surface area contributed by atoms with E-state index in [2.05, 4.69) is 16.9 Å². The largest absolute Gasteiger partial charge is 0.451 e. The lowest BCUT2D eigenvalue weighted by Crippen LogP contribution is -2.27. The highest BCUT2D eigenvalue weighted by atomic mass is 19.4. The van der Waals surface area contributed by atoms with Crippen LogP contribution >= 0.6 is 0 Å². The third-order valence-electron chi connectivity index (χ3n) is 3.33. The Balaban J connectivity index is 2.26. The fourth-order valence-corrected chi connectivity index (χ4v) is 2.23. The summed E-state index contributed by atoms with van der Waals surface area (Å²) >= 11 is 0. The van der Waals surface area contributed by atoms with E-state index in [0.717, 1.165) is 19.3 Å². The second-order valence-electron chi connectivity index (χ2n) is 5.00. The summed E-state index contributed by atoms with van der Waals surface area (Å²) in [5.74, 6) is -0.449. The van der Waals surface area contributed by atoms with E-state index in [1.165, 1.54) is 6.07 Å². The topological polar surface area (TPSA) is 55.0 Å². The molecule has 2 heterocycles. The van der Waals surface area contributed by atoms with E-state index in [9.17, 15) is 13.2 Å².